The van der Waals surface area contributed by atoms with E-state index in [4.69, 9.17) is 0 Å². The lowest BCUT2D eigenvalue weighted by Crippen LogP contribution is -2.32. The van der Waals surface area contributed by atoms with Gasteiger partial charge in [-0.1, -0.05) is 13.8 Å². The van der Waals surface area contributed by atoms with Gasteiger partial charge < -0.3 is 15.3 Å². The van der Waals surface area contributed by atoms with E-state index in [9.17, 15) is 9.90 Å². The van der Waals surface area contributed by atoms with E-state index in [1.165, 1.54) is 0 Å². The van der Waals surface area contributed by atoms with Crippen molar-refractivity contribution < 1.29 is 9.90 Å². The van der Waals surface area contributed by atoms with Crippen molar-refractivity contribution in [3.63, 3.8) is 0 Å². The zero-order valence-electron chi connectivity index (χ0n) is 13.1. The molecule has 1 heterocycles. The second-order valence-corrected chi connectivity index (χ2v) is 5.91. The highest BCUT2D eigenvalue weighted by Crippen LogP contribution is 2.27. The Morgan fingerprint density at radius 3 is 2.38 bits per heavy atom. The van der Waals surface area contributed by atoms with E-state index in [1.807, 2.05) is 29.2 Å². The van der Waals surface area contributed by atoms with Crippen molar-refractivity contribution >= 4 is 17.3 Å². The summed E-state index contributed by atoms with van der Waals surface area (Å²) in [4.78, 5) is 13.6. The minimum atomic E-state index is -0.0520. The maximum absolute atomic E-state index is 11.7. The van der Waals surface area contributed by atoms with Gasteiger partial charge in [-0.25, -0.2) is 0 Å². The van der Waals surface area contributed by atoms with Gasteiger partial charge in [0, 0.05) is 36.3 Å². The lowest BCUT2D eigenvalue weighted by molar-refractivity contribution is -0.117. The van der Waals surface area contributed by atoms with Crippen LogP contribution >= 0.6 is 0 Å². The molecule has 2 rings (SSSR count). The fraction of sp³-hybridized carbons (Fsp3) is 0.588. The first kappa shape index (κ1) is 15.8. The highest BCUT2D eigenvalue weighted by atomic mass is 16.3. The van der Waals surface area contributed by atoms with Crippen molar-refractivity contribution in [1.29, 1.82) is 0 Å². The van der Waals surface area contributed by atoms with Crippen LogP contribution in [-0.2, 0) is 4.79 Å². The molecule has 1 amide bonds. The molecule has 0 aliphatic carbocycles. The zero-order chi connectivity index (χ0) is 15.3. The number of amides is 1. The van der Waals surface area contributed by atoms with Crippen LogP contribution < -0.4 is 10.2 Å². The number of aliphatic hydroxyl groups excluding tert-OH is 1. The van der Waals surface area contributed by atoms with Crippen molar-refractivity contribution in [2.45, 2.75) is 39.5 Å². The highest BCUT2D eigenvalue weighted by molar-refractivity contribution is 5.95. The molecular weight excluding hydrogens is 264 g/mol. The smallest absolute Gasteiger partial charge is 0.227 e. The van der Waals surface area contributed by atoms with Crippen LogP contribution in [0.15, 0.2) is 24.3 Å². The molecule has 0 unspecified atom stereocenters. The summed E-state index contributed by atoms with van der Waals surface area (Å²) in [5, 5.41) is 13.0. The Balaban J connectivity index is 1.98. The van der Waals surface area contributed by atoms with Crippen molar-refractivity contribution in [2.24, 2.45) is 5.41 Å². The average Bonchev–Trinajstić information content (AvgIpc) is 2.96. The summed E-state index contributed by atoms with van der Waals surface area (Å²) in [6, 6.07) is 8.00. The molecule has 1 fully saturated rings. The van der Waals surface area contributed by atoms with Gasteiger partial charge >= 0.3 is 0 Å². The van der Waals surface area contributed by atoms with Gasteiger partial charge in [0.2, 0.25) is 5.91 Å². The van der Waals surface area contributed by atoms with E-state index in [-0.39, 0.29) is 17.9 Å². The minimum Gasteiger partial charge on any atom is -0.396 e. The molecule has 1 aromatic rings. The molecule has 1 aromatic carbocycles. The van der Waals surface area contributed by atoms with E-state index in [1.54, 1.807) is 0 Å². The van der Waals surface area contributed by atoms with Gasteiger partial charge in [-0.2, -0.15) is 0 Å². The Kier molecular flexibility index (Phi) is 5.23. The molecule has 4 nitrogen and oxygen atoms in total. The molecular formula is C17H26N2O2. The number of aliphatic hydroxyl groups is 1. The van der Waals surface area contributed by atoms with E-state index in [2.05, 4.69) is 19.2 Å². The van der Waals surface area contributed by atoms with Crippen molar-refractivity contribution in [1.82, 2.24) is 0 Å². The number of nitrogens with zero attached hydrogens (tertiary/aromatic N) is 1. The summed E-state index contributed by atoms with van der Waals surface area (Å²) in [7, 11) is 0. The lowest BCUT2D eigenvalue weighted by atomic mass is 9.83. The summed E-state index contributed by atoms with van der Waals surface area (Å²) in [5.74, 6) is 0.215. The number of rotatable bonds is 7. The molecule has 0 atom stereocenters. The maximum atomic E-state index is 11.7. The first-order valence-electron chi connectivity index (χ1n) is 7.89. The molecule has 116 valence electrons. The van der Waals surface area contributed by atoms with Crippen LogP contribution in [0.4, 0.5) is 11.4 Å². The van der Waals surface area contributed by atoms with Gasteiger partial charge in [-0.3, -0.25) is 4.79 Å². The fourth-order valence-electron chi connectivity index (χ4n) is 2.75. The summed E-state index contributed by atoms with van der Waals surface area (Å²) >= 11 is 0. The Morgan fingerprint density at radius 1 is 1.24 bits per heavy atom. The van der Waals surface area contributed by atoms with Crippen LogP contribution in [0.5, 0.6) is 0 Å². The minimum absolute atomic E-state index is 0.0520. The fourth-order valence-corrected chi connectivity index (χ4v) is 2.75. The molecule has 4 heteroatoms. The molecule has 2 N–H and O–H groups in total. The third-order valence-electron chi connectivity index (χ3n) is 4.76. The van der Waals surface area contributed by atoms with Crippen LogP contribution in [0.25, 0.3) is 0 Å². The van der Waals surface area contributed by atoms with Crippen LogP contribution in [0.2, 0.25) is 0 Å². The second kappa shape index (κ2) is 6.94. The first-order valence-corrected chi connectivity index (χ1v) is 7.89. The van der Waals surface area contributed by atoms with E-state index in [0.29, 0.717) is 6.42 Å². The maximum Gasteiger partial charge on any atom is 0.227 e. The molecule has 21 heavy (non-hydrogen) atoms. The van der Waals surface area contributed by atoms with Crippen LogP contribution in [0.1, 0.15) is 39.5 Å². The average molecular weight is 290 g/mol. The topological polar surface area (TPSA) is 52.6 Å². The van der Waals surface area contributed by atoms with Gasteiger partial charge in [0.1, 0.15) is 0 Å². The third kappa shape index (κ3) is 3.56. The van der Waals surface area contributed by atoms with E-state index >= 15 is 0 Å². The zero-order valence-corrected chi connectivity index (χ0v) is 13.1. The largest absolute Gasteiger partial charge is 0.396 e. The Morgan fingerprint density at radius 2 is 1.90 bits per heavy atom. The molecule has 0 radical (unpaired) electrons. The molecule has 0 bridgehead atoms. The number of carbonyl (C=O) groups excluding carboxylic acids is 1. The first-order chi connectivity index (χ1) is 10.1. The van der Waals surface area contributed by atoms with Gasteiger partial charge in [0.25, 0.3) is 0 Å². The Bertz CT molecular complexity index is 458. The molecule has 0 saturated carbocycles. The number of hydrogen-bond acceptors (Lipinski definition) is 3. The summed E-state index contributed by atoms with van der Waals surface area (Å²) in [6.45, 7) is 6.02. The predicted molar refractivity (Wildman–Crippen MR) is 86.6 cm³/mol. The van der Waals surface area contributed by atoms with E-state index in [0.717, 1.165) is 43.7 Å². The lowest BCUT2D eigenvalue weighted by Gasteiger charge is -2.30. The Labute approximate surface area is 127 Å². The predicted octanol–water partition coefficient (Wildman–Crippen LogP) is 3.02. The quantitative estimate of drug-likeness (QED) is 0.811. The normalized spacial score (nSPS) is 15.6. The SMILES string of the molecule is CCC(CC)(CO)CNc1ccc(N2CCCC2=O)cc1. The van der Waals surface area contributed by atoms with Crippen molar-refractivity contribution in [3.05, 3.63) is 24.3 Å². The van der Waals surface area contributed by atoms with E-state index < -0.39 is 0 Å². The van der Waals surface area contributed by atoms with Gasteiger partial charge in [-0.15, -0.1) is 0 Å². The summed E-state index contributed by atoms with van der Waals surface area (Å²) in [5.41, 5.74) is 1.96. The molecule has 1 aliphatic rings. The van der Waals surface area contributed by atoms with Crippen LogP contribution in [0, 0.1) is 5.41 Å². The third-order valence-corrected chi connectivity index (χ3v) is 4.76. The highest BCUT2D eigenvalue weighted by Gasteiger charge is 2.25. The molecule has 1 saturated heterocycles. The number of hydrogen-bond donors (Lipinski definition) is 2. The summed E-state index contributed by atoms with van der Waals surface area (Å²) in [6.07, 6.45) is 3.51. The Hall–Kier alpha value is -1.55. The monoisotopic (exact) mass is 290 g/mol. The van der Waals surface area contributed by atoms with Crippen molar-refractivity contribution in [2.75, 3.05) is 29.9 Å². The summed E-state index contributed by atoms with van der Waals surface area (Å²) < 4.78 is 0. The van der Waals surface area contributed by atoms with Crippen LogP contribution in [-0.4, -0.2) is 30.7 Å². The van der Waals surface area contributed by atoms with Gasteiger partial charge in [0.05, 0.1) is 6.61 Å². The van der Waals surface area contributed by atoms with Crippen molar-refractivity contribution in [3.8, 4) is 0 Å². The standard InChI is InChI=1S/C17H26N2O2/c1-3-17(4-2,13-20)12-18-14-7-9-15(10-8-14)19-11-5-6-16(19)21/h7-10,18,20H,3-6,11-13H2,1-2H3. The number of benzene rings is 1. The number of carbonyl (C=O) groups is 1. The second-order valence-electron chi connectivity index (χ2n) is 5.91. The molecule has 0 aromatic heterocycles. The number of anilines is 2. The van der Waals surface area contributed by atoms with Crippen LogP contribution in [0.3, 0.4) is 0 Å². The number of nitrogens with one attached hydrogen (secondary N) is 1. The molecule has 1 aliphatic heterocycles. The van der Waals surface area contributed by atoms with Gasteiger partial charge in [0.15, 0.2) is 0 Å². The van der Waals surface area contributed by atoms with Gasteiger partial charge in [-0.05, 0) is 43.5 Å². The molecule has 0 spiro atoms.